The number of nitrogens with zero attached hydrogens (tertiary/aromatic N) is 2. The molecule has 0 bridgehead atoms. The highest BCUT2D eigenvalue weighted by molar-refractivity contribution is 5.83. The number of benzene rings is 1. The van der Waals surface area contributed by atoms with Crippen LogP contribution in [0.1, 0.15) is 5.56 Å². The standard InChI is InChI=1S/C12H12N2O2/c1-14(2)7-6-12(15)16-11-5-3-4-10(8-11)9-13/h3-8H,1-2H3/b7-6+. The summed E-state index contributed by atoms with van der Waals surface area (Å²) >= 11 is 0. The highest BCUT2D eigenvalue weighted by Gasteiger charge is 2.01. The molecule has 4 heteroatoms. The molecule has 0 saturated heterocycles. The quantitative estimate of drug-likeness (QED) is 0.437. The Balaban J connectivity index is 2.67. The zero-order chi connectivity index (χ0) is 12.0. The maximum atomic E-state index is 11.3. The third-order valence-electron chi connectivity index (χ3n) is 1.69. The van der Waals surface area contributed by atoms with Gasteiger partial charge in [-0.2, -0.15) is 5.26 Å². The van der Waals surface area contributed by atoms with Crippen LogP contribution in [0.4, 0.5) is 0 Å². The first-order chi connectivity index (χ1) is 7.61. The Morgan fingerprint density at radius 2 is 2.25 bits per heavy atom. The molecule has 1 rings (SSSR count). The van der Waals surface area contributed by atoms with Crippen LogP contribution in [0.3, 0.4) is 0 Å². The molecule has 0 aliphatic rings. The van der Waals surface area contributed by atoms with E-state index in [1.165, 1.54) is 12.1 Å². The van der Waals surface area contributed by atoms with Crippen LogP contribution in [-0.4, -0.2) is 25.0 Å². The SMILES string of the molecule is CN(C)/C=C/C(=O)Oc1cccc(C#N)c1. The average Bonchev–Trinajstić information content (AvgIpc) is 2.26. The van der Waals surface area contributed by atoms with Gasteiger partial charge in [-0.1, -0.05) is 6.07 Å². The minimum absolute atomic E-state index is 0.368. The molecule has 1 aromatic rings. The van der Waals surface area contributed by atoms with Crippen LogP contribution in [0.15, 0.2) is 36.5 Å². The Hall–Kier alpha value is -2.28. The van der Waals surface area contributed by atoms with Crippen molar-refractivity contribution in [2.75, 3.05) is 14.1 Å². The van der Waals surface area contributed by atoms with E-state index in [4.69, 9.17) is 10.00 Å². The van der Waals surface area contributed by atoms with E-state index in [1.54, 1.807) is 43.4 Å². The third kappa shape index (κ3) is 3.84. The van der Waals surface area contributed by atoms with E-state index in [2.05, 4.69) is 0 Å². The molecular weight excluding hydrogens is 204 g/mol. The van der Waals surface area contributed by atoms with Gasteiger partial charge in [-0.05, 0) is 18.2 Å². The van der Waals surface area contributed by atoms with Gasteiger partial charge in [0.25, 0.3) is 0 Å². The van der Waals surface area contributed by atoms with Gasteiger partial charge in [0.2, 0.25) is 0 Å². The molecule has 0 heterocycles. The van der Waals surface area contributed by atoms with E-state index in [-0.39, 0.29) is 0 Å². The van der Waals surface area contributed by atoms with Crippen molar-refractivity contribution in [3.8, 4) is 11.8 Å². The van der Waals surface area contributed by atoms with Crippen molar-refractivity contribution in [3.05, 3.63) is 42.1 Å². The number of carbonyl (C=O) groups excluding carboxylic acids is 1. The van der Waals surface area contributed by atoms with Gasteiger partial charge < -0.3 is 9.64 Å². The summed E-state index contributed by atoms with van der Waals surface area (Å²) in [7, 11) is 3.61. The molecule has 0 fully saturated rings. The molecule has 4 nitrogen and oxygen atoms in total. The lowest BCUT2D eigenvalue weighted by Crippen LogP contribution is -2.07. The number of rotatable bonds is 3. The van der Waals surface area contributed by atoms with Gasteiger partial charge >= 0.3 is 5.97 Å². The van der Waals surface area contributed by atoms with Crippen molar-refractivity contribution < 1.29 is 9.53 Å². The molecule has 0 radical (unpaired) electrons. The minimum atomic E-state index is -0.469. The highest BCUT2D eigenvalue weighted by Crippen LogP contribution is 2.12. The Bertz CT molecular complexity index is 445. The first kappa shape index (κ1) is 11.8. The topological polar surface area (TPSA) is 53.3 Å². The lowest BCUT2D eigenvalue weighted by Gasteiger charge is -2.04. The van der Waals surface area contributed by atoms with E-state index in [0.29, 0.717) is 11.3 Å². The van der Waals surface area contributed by atoms with Gasteiger partial charge in [0.05, 0.1) is 11.6 Å². The van der Waals surface area contributed by atoms with Crippen molar-refractivity contribution in [3.63, 3.8) is 0 Å². The fraction of sp³-hybridized carbons (Fsp3) is 0.167. The summed E-state index contributed by atoms with van der Waals surface area (Å²) in [6.45, 7) is 0. The summed E-state index contributed by atoms with van der Waals surface area (Å²) in [6, 6.07) is 8.43. The van der Waals surface area contributed by atoms with E-state index in [9.17, 15) is 4.79 Å². The zero-order valence-electron chi connectivity index (χ0n) is 9.18. The van der Waals surface area contributed by atoms with Gasteiger partial charge in [0.15, 0.2) is 0 Å². The molecule has 0 saturated carbocycles. The van der Waals surface area contributed by atoms with Gasteiger partial charge in [0.1, 0.15) is 5.75 Å². The van der Waals surface area contributed by atoms with Crippen LogP contribution >= 0.6 is 0 Å². The van der Waals surface area contributed by atoms with E-state index < -0.39 is 5.97 Å². The smallest absolute Gasteiger partial charge is 0.337 e. The predicted octanol–water partition coefficient (Wildman–Crippen LogP) is 1.54. The highest BCUT2D eigenvalue weighted by atomic mass is 16.5. The van der Waals surface area contributed by atoms with Gasteiger partial charge in [-0.25, -0.2) is 4.79 Å². The minimum Gasteiger partial charge on any atom is -0.423 e. The summed E-state index contributed by atoms with van der Waals surface area (Å²) in [5, 5.41) is 8.66. The Morgan fingerprint density at radius 1 is 1.50 bits per heavy atom. The van der Waals surface area contributed by atoms with Crippen molar-refractivity contribution in [1.82, 2.24) is 4.90 Å². The second-order valence-corrected chi connectivity index (χ2v) is 3.34. The summed E-state index contributed by atoms with van der Waals surface area (Å²) in [5.74, 6) is -0.101. The monoisotopic (exact) mass is 216 g/mol. The van der Waals surface area contributed by atoms with Crippen molar-refractivity contribution >= 4 is 5.97 Å². The van der Waals surface area contributed by atoms with Crippen LogP contribution < -0.4 is 4.74 Å². The van der Waals surface area contributed by atoms with Crippen LogP contribution in [-0.2, 0) is 4.79 Å². The second-order valence-electron chi connectivity index (χ2n) is 3.34. The molecule has 1 aromatic carbocycles. The Morgan fingerprint density at radius 3 is 2.88 bits per heavy atom. The number of carbonyl (C=O) groups is 1. The first-order valence-electron chi connectivity index (χ1n) is 4.68. The summed E-state index contributed by atoms with van der Waals surface area (Å²) in [4.78, 5) is 13.0. The summed E-state index contributed by atoms with van der Waals surface area (Å²) < 4.78 is 5.00. The zero-order valence-corrected chi connectivity index (χ0v) is 9.18. The molecule has 0 aromatic heterocycles. The molecule has 0 N–H and O–H groups in total. The molecule has 0 aliphatic heterocycles. The average molecular weight is 216 g/mol. The Labute approximate surface area is 94.4 Å². The molecule has 82 valence electrons. The Kier molecular flexibility index (Phi) is 4.10. The number of ether oxygens (including phenoxy) is 1. The predicted molar refractivity (Wildman–Crippen MR) is 59.6 cm³/mol. The fourth-order valence-corrected chi connectivity index (χ4v) is 0.989. The summed E-state index contributed by atoms with van der Waals surface area (Å²) in [6.07, 6.45) is 2.91. The van der Waals surface area contributed by atoms with E-state index in [1.807, 2.05) is 6.07 Å². The lowest BCUT2D eigenvalue weighted by atomic mass is 10.2. The van der Waals surface area contributed by atoms with Crippen molar-refractivity contribution in [2.45, 2.75) is 0 Å². The molecule has 0 atom stereocenters. The molecular formula is C12H12N2O2. The van der Waals surface area contributed by atoms with Gasteiger partial charge in [-0.15, -0.1) is 0 Å². The number of hydrogen-bond acceptors (Lipinski definition) is 4. The number of esters is 1. The lowest BCUT2D eigenvalue weighted by molar-refractivity contribution is -0.129. The van der Waals surface area contributed by atoms with Crippen LogP contribution in [0.5, 0.6) is 5.75 Å². The van der Waals surface area contributed by atoms with Crippen LogP contribution in [0, 0.1) is 11.3 Å². The normalized spacial score (nSPS) is 9.81. The first-order valence-corrected chi connectivity index (χ1v) is 4.68. The largest absolute Gasteiger partial charge is 0.423 e. The summed E-state index contributed by atoms with van der Waals surface area (Å²) in [5.41, 5.74) is 0.460. The van der Waals surface area contributed by atoms with Gasteiger partial charge in [-0.3, -0.25) is 0 Å². The number of hydrogen-bond donors (Lipinski definition) is 0. The number of nitriles is 1. The van der Waals surface area contributed by atoms with E-state index in [0.717, 1.165) is 0 Å². The maximum Gasteiger partial charge on any atom is 0.337 e. The van der Waals surface area contributed by atoms with Crippen molar-refractivity contribution in [1.29, 1.82) is 5.26 Å². The molecule has 0 unspecified atom stereocenters. The van der Waals surface area contributed by atoms with Crippen molar-refractivity contribution in [2.24, 2.45) is 0 Å². The van der Waals surface area contributed by atoms with Gasteiger partial charge in [0, 0.05) is 26.4 Å². The third-order valence-corrected chi connectivity index (χ3v) is 1.69. The molecule has 0 amide bonds. The van der Waals surface area contributed by atoms with Crippen LogP contribution in [0.25, 0.3) is 0 Å². The fourth-order valence-electron chi connectivity index (χ4n) is 0.989. The van der Waals surface area contributed by atoms with E-state index >= 15 is 0 Å². The maximum absolute atomic E-state index is 11.3. The second kappa shape index (κ2) is 5.56. The molecule has 16 heavy (non-hydrogen) atoms. The molecule has 0 spiro atoms. The van der Waals surface area contributed by atoms with Crippen LogP contribution in [0.2, 0.25) is 0 Å². The molecule has 0 aliphatic carbocycles.